The summed E-state index contributed by atoms with van der Waals surface area (Å²) in [5, 5.41) is 13.2. The van der Waals surface area contributed by atoms with E-state index in [1.54, 1.807) is 25.4 Å². The van der Waals surface area contributed by atoms with E-state index in [4.69, 9.17) is 10.00 Å². The molecule has 0 fully saturated rings. The molecule has 0 radical (unpaired) electrons. The van der Waals surface area contributed by atoms with Crippen LogP contribution in [0.25, 0.3) is 10.9 Å². The van der Waals surface area contributed by atoms with Crippen molar-refractivity contribution in [1.82, 2.24) is 4.98 Å². The number of aromatic nitrogens is 1. The fourth-order valence-electron chi connectivity index (χ4n) is 3.38. The molecular weight excluding hydrogens is 362 g/mol. The molecule has 5 nitrogen and oxygen atoms in total. The number of benzene rings is 3. The van der Waals surface area contributed by atoms with E-state index in [0.29, 0.717) is 16.9 Å². The molecule has 1 unspecified atom stereocenters. The van der Waals surface area contributed by atoms with E-state index >= 15 is 0 Å². The third kappa shape index (κ3) is 3.69. The number of Topliss-reactive ketones (excluding diaryl/α,β-unsaturated/α-hetero) is 1. The molecule has 0 bridgehead atoms. The van der Waals surface area contributed by atoms with Gasteiger partial charge in [-0.2, -0.15) is 5.26 Å². The second kappa shape index (κ2) is 7.91. The van der Waals surface area contributed by atoms with Gasteiger partial charge in [0.25, 0.3) is 0 Å². The molecule has 5 heteroatoms. The van der Waals surface area contributed by atoms with Crippen LogP contribution in [0.4, 0.5) is 5.69 Å². The monoisotopic (exact) mass is 381 g/mol. The van der Waals surface area contributed by atoms with Gasteiger partial charge in [-0.25, -0.2) is 0 Å². The Kier molecular flexibility index (Phi) is 5.00. The van der Waals surface area contributed by atoms with Gasteiger partial charge < -0.3 is 15.0 Å². The molecule has 1 atom stereocenters. The summed E-state index contributed by atoms with van der Waals surface area (Å²) in [5.41, 5.74) is 3.54. The van der Waals surface area contributed by atoms with E-state index in [2.05, 4.69) is 16.4 Å². The number of hydrogen-bond acceptors (Lipinski definition) is 4. The lowest BCUT2D eigenvalue weighted by Crippen LogP contribution is -2.21. The highest BCUT2D eigenvalue weighted by molar-refractivity contribution is 6.11. The van der Waals surface area contributed by atoms with Gasteiger partial charge in [-0.05, 0) is 29.8 Å². The van der Waals surface area contributed by atoms with Gasteiger partial charge in [0.2, 0.25) is 0 Å². The highest BCUT2D eigenvalue weighted by Gasteiger charge is 2.24. The van der Waals surface area contributed by atoms with Crippen LogP contribution in [0.3, 0.4) is 0 Å². The number of rotatable bonds is 6. The van der Waals surface area contributed by atoms with Crippen LogP contribution in [0.1, 0.15) is 27.5 Å². The van der Waals surface area contributed by atoms with Crippen molar-refractivity contribution in [2.75, 3.05) is 12.4 Å². The molecule has 0 aliphatic carbocycles. The summed E-state index contributed by atoms with van der Waals surface area (Å²) in [5.74, 6) is 0.653. The normalized spacial score (nSPS) is 11.6. The Labute approximate surface area is 168 Å². The molecule has 0 aliphatic rings. The Morgan fingerprint density at radius 2 is 1.90 bits per heavy atom. The fraction of sp³-hybridized carbons (Fsp3) is 0.0833. The zero-order valence-electron chi connectivity index (χ0n) is 15.8. The first kappa shape index (κ1) is 18.3. The minimum atomic E-state index is -0.571. The smallest absolute Gasteiger partial charge is 0.191 e. The molecule has 142 valence electrons. The lowest BCUT2D eigenvalue weighted by Gasteiger charge is -2.19. The molecular formula is C24H19N3O2. The Morgan fingerprint density at radius 3 is 2.66 bits per heavy atom. The summed E-state index contributed by atoms with van der Waals surface area (Å²) in [6.45, 7) is 0. The Balaban J connectivity index is 1.75. The number of H-pyrrole nitrogens is 1. The van der Waals surface area contributed by atoms with Crippen LogP contribution in [-0.2, 0) is 0 Å². The van der Waals surface area contributed by atoms with Gasteiger partial charge in [0.05, 0.1) is 18.7 Å². The van der Waals surface area contributed by atoms with Gasteiger partial charge in [-0.1, -0.05) is 42.5 Å². The number of ketones is 1. The van der Waals surface area contributed by atoms with Crippen LogP contribution >= 0.6 is 0 Å². The molecule has 0 aliphatic heterocycles. The third-order valence-corrected chi connectivity index (χ3v) is 4.85. The maximum atomic E-state index is 13.6. The van der Waals surface area contributed by atoms with Gasteiger partial charge in [0.1, 0.15) is 11.8 Å². The van der Waals surface area contributed by atoms with Crippen LogP contribution in [0, 0.1) is 11.3 Å². The number of hydrogen-bond donors (Lipinski definition) is 2. The average molecular weight is 381 g/mol. The van der Waals surface area contributed by atoms with Crippen LogP contribution in [-0.4, -0.2) is 17.9 Å². The molecule has 1 aromatic heterocycles. The first-order valence-corrected chi connectivity index (χ1v) is 9.20. The second-order valence-corrected chi connectivity index (χ2v) is 6.66. The highest BCUT2D eigenvalue weighted by Crippen LogP contribution is 2.29. The minimum Gasteiger partial charge on any atom is -0.497 e. The molecule has 3 aromatic carbocycles. The van der Waals surface area contributed by atoms with Crippen molar-refractivity contribution in [2.45, 2.75) is 6.04 Å². The largest absolute Gasteiger partial charge is 0.497 e. The number of nitrogens with one attached hydrogen (secondary N) is 2. The maximum absolute atomic E-state index is 13.6. The van der Waals surface area contributed by atoms with Gasteiger partial charge in [-0.3, -0.25) is 4.79 Å². The summed E-state index contributed by atoms with van der Waals surface area (Å²) in [4.78, 5) is 16.7. The van der Waals surface area contributed by atoms with Crippen molar-refractivity contribution in [3.05, 3.63) is 95.7 Å². The zero-order valence-corrected chi connectivity index (χ0v) is 15.8. The van der Waals surface area contributed by atoms with E-state index in [1.165, 1.54) is 0 Å². The van der Waals surface area contributed by atoms with E-state index in [9.17, 15) is 4.79 Å². The third-order valence-electron chi connectivity index (χ3n) is 4.85. The van der Waals surface area contributed by atoms with E-state index in [0.717, 1.165) is 22.2 Å². The average Bonchev–Trinajstić information content (AvgIpc) is 3.21. The SMILES string of the molecule is COc1cccc(NC(C(=O)c2c[nH]c3cc(C#N)ccc23)c2ccccc2)c1. The lowest BCUT2D eigenvalue weighted by molar-refractivity contribution is 0.0971. The number of methoxy groups -OCH3 is 1. The topological polar surface area (TPSA) is 77.9 Å². The van der Waals surface area contributed by atoms with Crippen LogP contribution in [0.5, 0.6) is 5.75 Å². The number of carbonyl (C=O) groups excluding carboxylic acids is 1. The number of nitrogens with zero attached hydrogens (tertiary/aromatic N) is 1. The molecule has 29 heavy (non-hydrogen) atoms. The van der Waals surface area contributed by atoms with Crippen LogP contribution in [0.15, 0.2) is 79.0 Å². The molecule has 0 spiro atoms. The predicted molar refractivity (Wildman–Crippen MR) is 113 cm³/mol. The summed E-state index contributed by atoms with van der Waals surface area (Å²) in [7, 11) is 1.61. The summed E-state index contributed by atoms with van der Waals surface area (Å²) < 4.78 is 5.30. The zero-order chi connectivity index (χ0) is 20.2. The van der Waals surface area contributed by atoms with Crippen LogP contribution in [0.2, 0.25) is 0 Å². The molecule has 0 saturated carbocycles. The van der Waals surface area contributed by atoms with Gasteiger partial charge >= 0.3 is 0 Å². The van der Waals surface area contributed by atoms with Crippen molar-refractivity contribution < 1.29 is 9.53 Å². The van der Waals surface area contributed by atoms with Crippen molar-refractivity contribution in [3.8, 4) is 11.8 Å². The minimum absolute atomic E-state index is 0.0602. The molecule has 0 saturated heterocycles. The number of ether oxygens (including phenoxy) is 1. The summed E-state index contributed by atoms with van der Waals surface area (Å²) in [6.07, 6.45) is 1.71. The van der Waals surface area contributed by atoms with Crippen molar-refractivity contribution >= 4 is 22.4 Å². The molecule has 4 rings (SSSR count). The van der Waals surface area contributed by atoms with E-state index in [-0.39, 0.29) is 5.78 Å². The lowest BCUT2D eigenvalue weighted by atomic mass is 9.96. The number of fused-ring (bicyclic) bond motifs is 1. The number of aromatic amines is 1. The van der Waals surface area contributed by atoms with E-state index < -0.39 is 6.04 Å². The number of anilines is 1. The second-order valence-electron chi connectivity index (χ2n) is 6.66. The van der Waals surface area contributed by atoms with Crippen molar-refractivity contribution in [2.24, 2.45) is 0 Å². The molecule has 1 heterocycles. The van der Waals surface area contributed by atoms with Gasteiger partial charge in [0.15, 0.2) is 5.78 Å². The van der Waals surface area contributed by atoms with Crippen LogP contribution < -0.4 is 10.1 Å². The Hall–Kier alpha value is -4.04. The summed E-state index contributed by atoms with van der Waals surface area (Å²) >= 11 is 0. The quantitative estimate of drug-likeness (QED) is 0.456. The molecule has 2 N–H and O–H groups in total. The highest BCUT2D eigenvalue weighted by atomic mass is 16.5. The number of carbonyl (C=O) groups is 1. The van der Waals surface area contributed by atoms with Gasteiger partial charge in [-0.15, -0.1) is 0 Å². The fourth-order valence-corrected chi connectivity index (χ4v) is 3.38. The maximum Gasteiger partial charge on any atom is 0.191 e. The number of nitriles is 1. The van der Waals surface area contributed by atoms with Crippen molar-refractivity contribution in [1.29, 1.82) is 5.26 Å². The molecule has 0 amide bonds. The standard InChI is InChI=1S/C24H19N3O2/c1-29-19-9-5-8-18(13-19)27-23(17-6-3-2-4-7-17)24(28)21-15-26-22-12-16(14-25)10-11-20(21)22/h2-13,15,23,26-27H,1H3. The van der Waals surface area contributed by atoms with Gasteiger partial charge in [0, 0.05) is 34.4 Å². The van der Waals surface area contributed by atoms with E-state index in [1.807, 2.05) is 60.7 Å². The Morgan fingerprint density at radius 1 is 1.07 bits per heavy atom. The van der Waals surface area contributed by atoms with Crippen molar-refractivity contribution in [3.63, 3.8) is 0 Å². The first-order valence-electron chi connectivity index (χ1n) is 9.20. The first-order chi connectivity index (χ1) is 14.2. The molecule has 4 aromatic rings. The Bertz CT molecular complexity index is 1210. The summed E-state index contributed by atoms with van der Waals surface area (Å²) in [6, 6.07) is 23.9. The predicted octanol–water partition coefficient (Wildman–Crippen LogP) is 5.08.